The molecule has 1 aromatic carbocycles. The van der Waals surface area contributed by atoms with Gasteiger partial charge in [-0.25, -0.2) is 0 Å². The molecular formula is C14H17NO5. The molecule has 0 unspecified atom stereocenters. The fraction of sp³-hybridized carbons (Fsp3) is 0.500. The van der Waals surface area contributed by atoms with Gasteiger partial charge in [0.25, 0.3) is 5.69 Å². The van der Waals surface area contributed by atoms with E-state index in [9.17, 15) is 20.0 Å². The maximum atomic E-state index is 11.8. The number of non-ortho nitro benzene ring substituents is 1. The minimum absolute atomic E-state index is 0.0151. The van der Waals surface area contributed by atoms with Crippen molar-refractivity contribution in [2.75, 3.05) is 0 Å². The van der Waals surface area contributed by atoms with E-state index >= 15 is 0 Å². The second-order valence-corrected chi connectivity index (χ2v) is 5.04. The molecule has 2 rings (SSSR count). The van der Waals surface area contributed by atoms with Gasteiger partial charge in [-0.1, -0.05) is 0 Å². The Hall–Kier alpha value is -1.95. The highest BCUT2D eigenvalue weighted by atomic mass is 16.6. The Morgan fingerprint density at radius 1 is 1.25 bits per heavy atom. The van der Waals surface area contributed by atoms with Crippen LogP contribution in [-0.2, 0) is 16.1 Å². The van der Waals surface area contributed by atoms with E-state index in [2.05, 4.69) is 0 Å². The number of nitro benzene ring substituents is 1. The summed E-state index contributed by atoms with van der Waals surface area (Å²) < 4.78 is 5.21. The van der Waals surface area contributed by atoms with Crippen LogP contribution in [0, 0.1) is 16.0 Å². The highest BCUT2D eigenvalue weighted by Crippen LogP contribution is 2.25. The van der Waals surface area contributed by atoms with Gasteiger partial charge in [0.2, 0.25) is 0 Å². The normalized spacial score (nSPS) is 22.2. The number of aliphatic hydroxyl groups excluding tert-OH is 1. The molecule has 1 N–H and O–H groups in total. The van der Waals surface area contributed by atoms with Crippen molar-refractivity contribution in [3.8, 4) is 0 Å². The first-order valence-corrected chi connectivity index (χ1v) is 6.64. The molecule has 0 amide bonds. The van der Waals surface area contributed by atoms with Crippen molar-refractivity contribution in [2.45, 2.75) is 38.4 Å². The van der Waals surface area contributed by atoms with Crippen molar-refractivity contribution >= 4 is 11.7 Å². The number of ether oxygens (including phenoxy) is 1. The van der Waals surface area contributed by atoms with Crippen LogP contribution in [0.1, 0.15) is 31.2 Å². The van der Waals surface area contributed by atoms with E-state index in [1.165, 1.54) is 12.1 Å². The summed E-state index contributed by atoms with van der Waals surface area (Å²) in [5.41, 5.74) is 0.737. The third-order valence-electron chi connectivity index (χ3n) is 3.56. The summed E-state index contributed by atoms with van der Waals surface area (Å²) in [6.07, 6.45) is 2.28. The highest BCUT2D eigenvalue weighted by Gasteiger charge is 2.26. The van der Waals surface area contributed by atoms with Gasteiger partial charge < -0.3 is 9.84 Å². The van der Waals surface area contributed by atoms with E-state index in [1.807, 2.05) is 0 Å². The summed E-state index contributed by atoms with van der Waals surface area (Å²) in [4.78, 5) is 21.9. The molecule has 6 heteroatoms. The summed E-state index contributed by atoms with van der Waals surface area (Å²) in [5.74, 6) is -0.397. The fourth-order valence-corrected chi connectivity index (χ4v) is 2.30. The molecule has 0 aromatic heterocycles. The predicted molar refractivity (Wildman–Crippen MR) is 70.9 cm³/mol. The smallest absolute Gasteiger partial charge is 0.309 e. The molecular weight excluding hydrogens is 262 g/mol. The lowest BCUT2D eigenvalue weighted by atomic mass is 9.87. The van der Waals surface area contributed by atoms with E-state index in [-0.39, 0.29) is 30.3 Å². The van der Waals surface area contributed by atoms with Gasteiger partial charge >= 0.3 is 5.97 Å². The maximum absolute atomic E-state index is 11.8. The zero-order valence-corrected chi connectivity index (χ0v) is 11.0. The van der Waals surface area contributed by atoms with Crippen molar-refractivity contribution in [3.63, 3.8) is 0 Å². The molecule has 0 spiro atoms. The van der Waals surface area contributed by atoms with Crippen LogP contribution in [0.3, 0.4) is 0 Å². The molecule has 0 atom stereocenters. The minimum atomic E-state index is -0.469. The predicted octanol–water partition coefficient (Wildman–Crippen LogP) is 2.19. The van der Waals surface area contributed by atoms with Crippen LogP contribution in [0.25, 0.3) is 0 Å². The molecule has 1 saturated carbocycles. The number of benzene rings is 1. The molecule has 20 heavy (non-hydrogen) atoms. The van der Waals surface area contributed by atoms with E-state index in [1.54, 1.807) is 12.1 Å². The van der Waals surface area contributed by atoms with Gasteiger partial charge in [0.05, 0.1) is 16.9 Å². The molecule has 0 aliphatic heterocycles. The van der Waals surface area contributed by atoms with Gasteiger partial charge in [-0.15, -0.1) is 0 Å². The van der Waals surface area contributed by atoms with Crippen molar-refractivity contribution in [2.24, 2.45) is 5.92 Å². The lowest BCUT2D eigenvalue weighted by molar-refractivity contribution is -0.384. The monoisotopic (exact) mass is 279 g/mol. The SMILES string of the molecule is O=C(OCc1ccc([N+](=O)[O-])cc1)C1CCC(O)CC1. The Morgan fingerprint density at radius 2 is 1.85 bits per heavy atom. The molecule has 0 saturated heterocycles. The zero-order valence-electron chi connectivity index (χ0n) is 11.0. The van der Waals surface area contributed by atoms with E-state index < -0.39 is 4.92 Å². The molecule has 6 nitrogen and oxygen atoms in total. The number of nitro groups is 1. The molecule has 108 valence electrons. The standard InChI is InChI=1S/C14H17NO5/c16-13-7-3-11(4-8-13)14(17)20-9-10-1-5-12(6-2-10)15(18)19/h1-2,5-6,11,13,16H,3-4,7-9H2. The summed E-state index contributed by atoms with van der Waals surface area (Å²) in [5, 5.41) is 19.9. The van der Waals surface area contributed by atoms with Crippen LogP contribution in [0.15, 0.2) is 24.3 Å². The lowest BCUT2D eigenvalue weighted by Crippen LogP contribution is -2.25. The highest BCUT2D eigenvalue weighted by molar-refractivity contribution is 5.72. The Morgan fingerprint density at radius 3 is 2.40 bits per heavy atom. The molecule has 0 heterocycles. The van der Waals surface area contributed by atoms with Crippen molar-refractivity contribution < 1.29 is 19.6 Å². The van der Waals surface area contributed by atoms with Gasteiger partial charge in [-0.3, -0.25) is 14.9 Å². The Labute approximate surface area is 116 Å². The van der Waals surface area contributed by atoms with Crippen molar-refractivity contribution in [1.29, 1.82) is 0 Å². The van der Waals surface area contributed by atoms with E-state index in [0.29, 0.717) is 25.7 Å². The zero-order chi connectivity index (χ0) is 14.5. The molecule has 0 bridgehead atoms. The lowest BCUT2D eigenvalue weighted by Gasteiger charge is -2.23. The van der Waals surface area contributed by atoms with Gasteiger partial charge in [-0.2, -0.15) is 0 Å². The van der Waals surface area contributed by atoms with Crippen LogP contribution in [0.4, 0.5) is 5.69 Å². The topological polar surface area (TPSA) is 89.7 Å². The fourth-order valence-electron chi connectivity index (χ4n) is 2.30. The number of carbonyl (C=O) groups excluding carboxylic acids is 1. The Bertz CT molecular complexity index is 477. The molecule has 1 aromatic rings. The van der Waals surface area contributed by atoms with Gasteiger partial charge in [0, 0.05) is 12.1 Å². The van der Waals surface area contributed by atoms with E-state index in [0.717, 1.165) is 5.56 Å². The number of hydrogen-bond donors (Lipinski definition) is 1. The average molecular weight is 279 g/mol. The molecule has 1 aliphatic carbocycles. The molecule has 1 aliphatic rings. The Kier molecular flexibility index (Phi) is 4.68. The summed E-state index contributed by atoms with van der Waals surface area (Å²) >= 11 is 0. The van der Waals surface area contributed by atoms with Crippen LogP contribution in [-0.4, -0.2) is 22.1 Å². The first-order chi connectivity index (χ1) is 9.56. The number of rotatable bonds is 4. The van der Waals surface area contributed by atoms with Gasteiger partial charge in [0.15, 0.2) is 0 Å². The number of nitrogens with zero attached hydrogens (tertiary/aromatic N) is 1. The molecule has 0 radical (unpaired) electrons. The number of carbonyl (C=O) groups is 1. The number of aliphatic hydroxyl groups is 1. The van der Waals surface area contributed by atoms with Crippen LogP contribution in [0.2, 0.25) is 0 Å². The quantitative estimate of drug-likeness (QED) is 0.518. The van der Waals surface area contributed by atoms with E-state index in [4.69, 9.17) is 4.74 Å². The summed E-state index contributed by atoms with van der Waals surface area (Å²) in [7, 11) is 0. The second-order valence-electron chi connectivity index (χ2n) is 5.04. The molecule has 1 fully saturated rings. The third-order valence-corrected chi connectivity index (χ3v) is 3.56. The third kappa shape index (κ3) is 3.77. The van der Waals surface area contributed by atoms with Crippen LogP contribution < -0.4 is 0 Å². The second kappa shape index (κ2) is 6.47. The summed E-state index contributed by atoms with van der Waals surface area (Å²) in [6, 6.07) is 5.94. The average Bonchev–Trinajstić information content (AvgIpc) is 2.46. The van der Waals surface area contributed by atoms with Crippen molar-refractivity contribution in [1.82, 2.24) is 0 Å². The van der Waals surface area contributed by atoms with Gasteiger partial charge in [0.1, 0.15) is 6.61 Å². The maximum Gasteiger partial charge on any atom is 0.309 e. The van der Waals surface area contributed by atoms with Crippen LogP contribution >= 0.6 is 0 Å². The first kappa shape index (κ1) is 14.5. The van der Waals surface area contributed by atoms with Gasteiger partial charge in [-0.05, 0) is 43.4 Å². The van der Waals surface area contributed by atoms with Crippen LogP contribution in [0.5, 0.6) is 0 Å². The largest absolute Gasteiger partial charge is 0.461 e. The van der Waals surface area contributed by atoms with Crippen molar-refractivity contribution in [3.05, 3.63) is 39.9 Å². The first-order valence-electron chi connectivity index (χ1n) is 6.64. The number of hydrogen-bond acceptors (Lipinski definition) is 5. The summed E-state index contributed by atoms with van der Waals surface area (Å²) in [6.45, 7) is 0.121. The number of esters is 1. The minimum Gasteiger partial charge on any atom is -0.461 e. The Balaban J connectivity index is 1.82.